The third kappa shape index (κ3) is 5.73. The first kappa shape index (κ1) is 16.0. The fourth-order valence-electron chi connectivity index (χ4n) is 1.78. The smallest absolute Gasteiger partial charge is 0.339 e. The lowest BCUT2D eigenvalue weighted by molar-refractivity contribution is -0.127. The lowest BCUT2D eigenvalue weighted by atomic mass is 10.1. The van der Waals surface area contributed by atoms with Crippen LogP contribution in [-0.2, 0) is 4.79 Å². The maximum Gasteiger partial charge on any atom is 0.339 e. The average molecular weight is 279 g/mol. The summed E-state index contributed by atoms with van der Waals surface area (Å²) in [6.07, 6.45) is 5.71. The van der Waals surface area contributed by atoms with Crippen molar-refractivity contribution in [2.24, 2.45) is 0 Å². The zero-order valence-electron chi connectivity index (χ0n) is 11.7. The molecule has 2 N–H and O–H groups in total. The molecule has 0 aromatic heterocycles. The standard InChI is InChI=1S/C15H21NO4/c1-2-3-4-5-6-11-14(17)16-20-13-10-8-7-9-12(13)15(18)19/h7-10H,2-6,11H2,1H3,(H,16,17)(H,18,19). The van der Waals surface area contributed by atoms with E-state index in [0.717, 1.165) is 19.3 Å². The lowest BCUT2D eigenvalue weighted by Gasteiger charge is -2.09. The number of nitrogens with one attached hydrogen (secondary N) is 1. The molecule has 0 spiro atoms. The van der Waals surface area contributed by atoms with E-state index < -0.39 is 5.97 Å². The Morgan fingerprint density at radius 1 is 1.15 bits per heavy atom. The summed E-state index contributed by atoms with van der Waals surface area (Å²) in [6, 6.07) is 6.18. The summed E-state index contributed by atoms with van der Waals surface area (Å²) in [5.74, 6) is -1.18. The van der Waals surface area contributed by atoms with Crippen molar-refractivity contribution in [3.8, 4) is 5.75 Å². The lowest BCUT2D eigenvalue weighted by Crippen LogP contribution is -2.27. The number of hydroxylamine groups is 1. The third-order valence-corrected chi connectivity index (χ3v) is 2.90. The van der Waals surface area contributed by atoms with Gasteiger partial charge in [-0.05, 0) is 18.6 Å². The van der Waals surface area contributed by atoms with Crippen LogP contribution in [0.3, 0.4) is 0 Å². The van der Waals surface area contributed by atoms with Gasteiger partial charge in [-0.3, -0.25) is 4.79 Å². The van der Waals surface area contributed by atoms with Crippen LogP contribution in [0.25, 0.3) is 0 Å². The first-order chi connectivity index (χ1) is 9.65. The number of benzene rings is 1. The molecule has 0 atom stereocenters. The van der Waals surface area contributed by atoms with Gasteiger partial charge in [-0.2, -0.15) is 5.48 Å². The van der Waals surface area contributed by atoms with Gasteiger partial charge in [0.15, 0.2) is 5.75 Å². The van der Waals surface area contributed by atoms with Crippen molar-refractivity contribution >= 4 is 11.9 Å². The van der Waals surface area contributed by atoms with Crippen LogP contribution in [0.15, 0.2) is 24.3 Å². The van der Waals surface area contributed by atoms with Gasteiger partial charge in [-0.1, -0.05) is 44.7 Å². The van der Waals surface area contributed by atoms with E-state index in [-0.39, 0.29) is 17.2 Å². The quantitative estimate of drug-likeness (QED) is 0.538. The molecule has 0 bridgehead atoms. The normalized spacial score (nSPS) is 10.1. The van der Waals surface area contributed by atoms with Crippen molar-refractivity contribution in [2.45, 2.75) is 45.4 Å². The van der Waals surface area contributed by atoms with E-state index in [1.807, 2.05) is 0 Å². The molecule has 20 heavy (non-hydrogen) atoms. The Labute approximate surface area is 118 Å². The van der Waals surface area contributed by atoms with Gasteiger partial charge in [0.1, 0.15) is 5.56 Å². The van der Waals surface area contributed by atoms with Gasteiger partial charge >= 0.3 is 5.97 Å². The molecule has 0 unspecified atom stereocenters. The first-order valence-corrected chi connectivity index (χ1v) is 6.93. The zero-order valence-corrected chi connectivity index (χ0v) is 11.7. The molecule has 0 aliphatic carbocycles. The SMILES string of the molecule is CCCCCCCC(=O)NOc1ccccc1C(=O)O. The summed E-state index contributed by atoms with van der Waals surface area (Å²) in [6.45, 7) is 2.14. The molecular formula is C15H21NO4. The molecular weight excluding hydrogens is 258 g/mol. The van der Waals surface area contributed by atoms with E-state index in [9.17, 15) is 9.59 Å². The van der Waals surface area contributed by atoms with Crippen LogP contribution in [0.5, 0.6) is 5.75 Å². The summed E-state index contributed by atoms with van der Waals surface area (Å²) < 4.78 is 0. The number of amides is 1. The number of rotatable bonds is 9. The summed E-state index contributed by atoms with van der Waals surface area (Å²) in [4.78, 5) is 27.6. The van der Waals surface area contributed by atoms with E-state index >= 15 is 0 Å². The molecule has 1 amide bonds. The number of aromatic carboxylic acids is 1. The van der Waals surface area contributed by atoms with Crippen molar-refractivity contribution in [3.63, 3.8) is 0 Å². The van der Waals surface area contributed by atoms with Gasteiger partial charge in [0.05, 0.1) is 0 Å². The zero-order chi connectivity index (χ0) is 14.8. The number of carbonyl (C=O) groups is 2. The van der Waals surface area contributed by atoms with Crippen LogP contribution in [0.1, 0.15) is 55.8 Å². The molecule has 5 heteroatoms. The molecule has 110 valence electrons. The number of hydrogen-bond donors (Lipinski definition) is 2. The summed E-state index contributed by atoms with van der Waals surface area (Å²) >= 11 is 0. The number of hydrogen-bond acceptors (Lipinski definition) is 3. The van der Waals surface area contributed by atoms with Gasteiger partial charge < -0.3 is 9.94 Å². The molecule has 1 aromatic carbocycles. The van der Waals surface area contributed by atoms with E-state index in [2.05, 4.69) is 12.4 Å². The Bertz CT molecular complexity index is 445. The minimum absolute atomic E-state index is 0.0238. The highest BCUT2D eigenvalue weighted by Gasteiger charge is 2.11. The van der Waals surface area contributed by atoms with E-state index in [4.69, 9.17) is 9.94 Å². The molecule has 0 saturated carbocycles. The second kappa shape index (κ2) is 8.96. The van der Waals surface area contributed by atoms with E-state index in [1.54, 1.807) is 12.1 Å². The molecule has 1 rings (SSSR count). The fourth-order valence-corrected chi connectivity index (χ4v) is 1.78. The molecule has 0 heterocycles. The monoisotopic (exact) mass is 279 g/mol. The van der Waals surface area contributed by atoms with Crippen LogP contribution >= 0.6 is 0 Å². The van der Waals surface area contributed by atoms with Crippen molar-refractivity contribution in [1.82, 2.24) is 5.48 Å². The minimum atomic E-state index is -1.09. The molecule has 0 fully saturated rings. The average Bonchev–Trinajstić information content (AvgIpc) is 2.45. The van der Waals surface area contributed by atoms with Gasteiger partial charge in [0.2, 0.25) is 0 Å². The van der Waals surface area contributed by atoms with E-state index in [1.165, 1.54) is 25.0 Å². The number of unbranched alkanes of at least 4 members (excludes halogenated alkanes) is 4. The van der Waals surface area contributed by atoms with Crippen molar-refractivity contribution in [1.29, 1.82) is 0 Å². The summed E-state index contributed by atoms with van der Waals surface area (Å²) in [7, 11) is 0. The van der Waals surface area contributed by atoms with Crippen LogP contribution in [0.4, 0.5) is 0 Å². The van der Waals surface area contributed by atoms with Crippen LogP contribution in [-0.4, -0.2) is 17.0 Å². The maximum atomic E-state index is 11.5. The number of para-hydroxylation sites is 1. The highest BCUT2D eigenvalue weighted by Crippen LogP contribution is 2.16. The highest BCUT2D eigenvalue weighted by atomic mass is 16.7. The number of carboxylic acids is 1. The van der Waals surface area contributed by atoms with Gasteiger partial charge in [-0.15, -0.1) is 0 Å². The van der Waals surface area contributed by atoms with Gasteiger partial charge in [0.25, 0.3) is 5.91 Å². The van der Waals surface area contributed by atoms with Gasteiger partial charge in [0, 0.05) is 6.42 Å². The molecule has 1 aromatic rings. The fraction of sp³-hybridized carbons (Fsp3) is 0.467. The molecule has 0 saturated heterocycles. The Morgan fingerprint density at radius 2 is 1.85 bits per heavy atom. The number of carbonyl (C=O) groups excluding carboxylic acids is 1. The predicted molar refractivity (Wildman–Crippen MR) is 75.5 cm³/mol. The Kier molecular flexibility index (Phi) is 7.17. The first-order valence-electron chi connectivity index (χ1n) is 6.93. The highest BCUT2D eigenvalue weighted by molar-refractivity contribution is 5.90. The summed E-state index contributed by atoms with van der Waals surface area (Å²) in [5, 5.41) is 8.96. The third-order valence-electron chi connectivity index (χ3n) is 2.90. The second-order valence-electron chi connectivity index (χ2n) is 4.59. The molecule has 0 radical (unpaired) electrons. The van der Waals surface area contributed by atoms with E-state index in [0.29, 0.717) is 6.42 Å². The van der Waals surface area contributed by atoms with Crippen molar-refractivity contribution < 1.29 is 19.5 Å². The topological polar surface area (TPSA) is 75.6 Å². The maximum absolute atomic E-state index is 11.5. The van der Waals surface area contributed by atoms with Crippen molar-refractivity contribution in [2.75, 3.05) is 0 Å². The number of carboxylic acid groups (broad SMARTS) is 1. The second-order valence-corrected chi connectivity index (χ2v) is 4.59. The Morgan fingerprint density at radius 3 is 2.55 bits per heavy atom. The summed E-state index contributed by atoms with van der Waals surface area (Å²) in [5.41, 5.74) is 2.31. The van der Waals surface area contributed by atoms with Crippen LogP contribution < -0.4 is 10.3 Å². The molecule has 0 aliphatic heterocycles. The minimum Gasteiger partial charge on any atom is -0.478 e. The van der Waals surface area contributed by atoms with Crippen molar-refractivity contribution in [3.05, 3.63) is 29.8 Å². The Balaban J connectivity index is 2.32. The van der Waals surface area contributed by atoms with Crippen LogP contribution in [0.2, 0.25) is 0 Å². The van der Waals surface area contributed by atoms with Gasteiger partial charge in [-0.25, -0.2) is 4.79 Å². The largest absolute Gasteiger partial charge is 0.478 e. The van der Waals surface area contributed by atoms with Crippen LogP contribution in [0, 0.1) is 0 Å². The molecule has 5 nitrogen and oxygen atoms in total. The predicted octanol–water partition coefficient (Wildman–Crippen LogP) is 3.16. The molecule has 0 aliphatic rings. The Hall–Kier alpha value is -2.04.